The molecule has 0 fully saturated rings. The third-order valence-corrected chi connectivity index (χ3v) is 7.43. The highest BCUT2D eigenvalue weighted by Crippen LogP contribution is 2.39. The molecule has 2 aromatic heterocycles. The van der Waals surface area contributed by atoms with E-state index in [-0.39, 0.29) is 12.1 Å². The summed E-state index contributed by atoms with van der Waals surface area (Å²) in [6.07, 6.45) is 11.8. The molecule has 2 aliphatic heterocycles. The largest absolute Gasteiger partial charge is 0.353 e. The first-order valence-corrected chi connectivity index (χ1v) is 10.9. The molecule has 2 N–H and O–H groups in total. The van der Waals surface area contributed by atoms with Crippen molar-refractivity contribution in [3.05, 3.63) is 66.8 Å². The highest BCUT2D eigenvalue weighted by atomic mass is 32.1. The Morgan fingerprint density at radius 1 is 1.04 bits per heavy atom. The minimum absolute atomic E-state index is 0.106. The van der Waals surface area contributed by atoms with Crippen molar-refractivity contribution < 1.29 is 0 Å². The van der Waals surface area contributed by atoms with E-state index in [0.717, 1.165) is 12.8 Å². The molecule has 4 nitrogen and oxygen atoms in total. The molecule has 140 valence electrons. The fraction of sp³-hybridized carbons (Fsp3) is 0.333. The molecule has 0 amide bonds. The van der Waals surface area contributed by atoms with Gasteiger partial charge in [-0.15, -0.1) is 22.7 Å². The summed E-state index contributed by atoms with van der Waals surface area (Å²) in [7, 11) is 0. The van der Waals surface area contributed by atoms with Crippen LogP contribution in [0.25, 0.3) is 0 Å². The van der Waals surface area contributed by atoms with Gasteiger partial charge in [-0.1, -0.05) is 6.92 Å². The van der Waals surface area contributed by atoms with Crippen LogP contribution in [-0.2, 0) is 12.8 Å². The van der Waals surface area contributed by atoms with E-state index in [9.17, 15) is 0 Å². The number of nitrogens with zero attached hydrogens (tertiary/aromatic N) is 2. The lowest BCUT2D eigenvalue weighted by atomic mass is 9.95. The van der Waals surface area contributed by atoms with Crippen molar-refractivity contribution in [1.29, 1.82) is 0 Å². The summed E-state index contributed by atoms with van der Waals surface area (Å²) in [4.78, 5) is 14.8. The van der Waals surface area contributed by atoms with Gasteiger partial charge in [-0.05, 0) is 61.6 Å². The van der Waals surface area contributed by atoms with Gasteiger partial charge in [0, 0.05) is 31.9 Å². The summed E-state index contributed by atoms with van der Waals surface area (Å²) in [5, 5.41) is 6.24. The summed E-state index contributed by atoms with van der Waals surface area (Å²) in [6.45, 7) is 6.57. The SMILES string of the molecule is CCc1cc(CC2=CNC=NC2c2sc(C)cc2C)c(C2C=CNC=N2)s1. The van der Waals surface area contributed by atoms with Gasteiger partial charge in [-0.3, -0.25) is 9.98 Å². The van der Waals surface area contributed by atoms with E-state index in [1.807, 2.05) is 35.2 Å². The van der Waals surface area contributed by atoms with Gasteiger partial charge in [0.05, 0.1) is 12.7 Å². The Hall–Kier alpha value is -2.18. The van der Waals surface area contributed by atoms with E-state index in [1.165, 1.54) is 36.2 Å². The fourth-order valence-corrected chi connectivity index (χ4v) is 5.83. The van der Waals surface area contributed by atoms with Crippen molar-refractivity contribution in [3.63, 3.8) is 0 Å². The predicted molar refractivity (Wildman–Crippen MR) is 117 cm³/mol. The summed E-state index contributed by atoms with van der Waals surface area (Å²) >= 11 is 3.74. The second kappa shape index (κ2) is 7.82. The van der Waals surface area contributed by atoms with Crippen LogP contribution >= 0.6 is 22.7 Å². The molecule has 2 atom stereocenters. The van der Waals surface area contributed by atoms with Gasteiger partial charge in [0.1, 0.15) is 12.1 Å². The first-order valence-electron chi connectivity index (χ1n) is 9.25. The molecular weight excluding hydrogens is 372 g/mol. The molecule has 2 aromatic rings. The average molecular weight is 397 g/mol. The van der Waals surface area contributed by atoms with E-state index in [4.69, 9.17) is 4.99 Å². The molecule has 0 aromatic carbocycles. The average Bonchev–Trinajstić information content (AvgIpc) is 3.25. The number of aliphatic imine (C=N–C) groups is 2. The van der Waals surface area contributed by atoms with Crippen molar-refractivity contribution in [2.75, 3.05) is 0 Å². The van der Waals surface area contributed by atoms with E-state index < -0.39 is 0 Å². The molecule has 4 heterocycles. The zero-order valence-electron chi connectivity index (χ0n) is 15.8. The van der Waals surface area contributed by atoms with Crippen molar-refractivity contribution >= 4 is 35.4 Å². The van der Waals surface area contributed by atoms with Crippen LogP contribution in [-0.4, -0.2) is 12.7 Å². The van der Waals surface area contributed by atoms with E-state index in [2.05, 4.69) is 60.8 Å². The predicted octanol–water partition coefficient (Wildman–Crippen LogP) is 4.97. The fourth-order valence-electron chi connectivity index (χ4n) is 3.55. The molecule has 0 spiro atoms. The van der Waals surface area contributed by atoms with E-state index in [1.54, 1.807) is 6.34 Å². The smallest absolute Gasteiger partial charge is 0.109 e. The van der Waals surface area contributed by atoms with Gasteiger partial charge in [0.25, 0.3) is 0 Å². The van der Waals surface area contributed by atoms with Crippen LogP contribution in [0.15, 0.2) is 46.2 Å². The third-order valence-electron chi connectivity index (χ3n) is 4.83. The van der Waals surface area contributed by atoms with Crippen LogP contribution in [0.4, 0.5) is 0 Å². The van der Waals surface area contributed by atoms with Crippen molar-refractivity contribution in [2.24, 2.45) is 9.98 Å². The molecule has 4 rings (SSSR count). The Morgan fingerprint density at radius 2 is 1.89 bits per heavy atom. The van der Waals surface area contributed by atoms with Crippen LogP contribution in [0.1, 0.15) is 49.6 Å². The van der Waals surface area contributed by atoms with Crippen LogP contribution in [0.5, 0.6) is 0 Å². The van der Waals surface area contributed by atoms with Gasteiger partial charge >= 0.3 is 0 Å². The van der Waals surface area contributed by atoms with Gasteiger partial charge in [0.2, 0.25) is 0 Å². The van der Waals surface area contributed by atoms with Crippen molar-refractivity contribution in [1.82, 2.24) is 10.6 Å². The quantitative estimate of drug-likeness (QED) is 0.749. The third kappa shape index (κ3) is 3.77. The van der Waals surface area contributed by atoms with Gasteiger partial charge in [0.15, 0.2) is 0 Å². The summed E-state index contributed by atoms with van der Waals surface area (Å²) in [5.74, 6) is 0. The zero-order chi connectivity index (χ0) is 18.8. The van der Waals surface area contributed by atoms with Crippen molar-refractivity contribution in [2.45, 2.75) is 45.7 Å². The number of rotatable bonds is 5. The lowest BCUT2D eigenvalue weighted by Gasteiger charge is -2.21. The second-order valence-electron chi connectivity index (χ2n) is 6.85. The standard InChI is InChI=1S/C21H24N4S2/c1-4-17-9-15(21(27-17)18-5-6-22-11-24-18)8-16-10-23-12-25-19(16)20-13(2)7-14(3)26-20/h5-7,9-12,18-19H,4,8H2,1-3H3,(H,22,24)(H,23,25). The second-order valence-corrected chi connectivity index (χ2v) is 9.31. The Morgan fingerprint density at radius 3 is 2.59 bits per heavy atom. The van der Waals surface area contributed by atoms with Crippen molar-refractivity contribution in [3.8, 4) is 0 Å². The molecule has 27 heavy (non-hydrogen) atoms. The monoisotopic (exact) mass is 396 g/mol. The number of nitrogens with one attached hydrogen (secondary N) is 2. The lowest BCUT2D eigenvalue weighted by molar-refractivity contribution is 0.789. The lowest BCUT2D eigenvalue weighted by Crippen LogP contribution is -2.16. The first kappa shape index (κ1) is 18.2. The number of aryl methyl sites for hydroxylation is 3. The molecule has 0 bridgehead atoms. The number of hydrogen-bond donors (Lipinski definition) is 2. The summed E-state index contributed by atoms with van der Waals surface area (Å²) in [6, 6.07) is 4.83. The number of thiophene rings is 2. The van der Waals surface area contributed by atoms with Gasteiger partial charge in [-0.2, -0.15) is 0 Å². The minimum atomic E-state index is 0.106. The normalized spacial score (nSPS) is 21.1. The van der Waals surface area contributed by atoms with Crippen LogP contribution in [0, 0.1) is 13.8 Å². The Kier molecular flexibility index (Phi) is 5.27. The highest BCUT2D eigenvalue weighted by molar-refractivity contribution is 7.12. The Labute approximate surface area is 168 Å². The van der Waals surface area contributed by atoms with Crippen LogP contribution in [0.3, 0.4) is 0 Å². The topological polar surface area (TPSA) is 48.8 Å². The summed E-state index contributed by atoms with van der Waals surface area (Å²) in [5.41, 5.74) is 4.01. The minimum Gasteiger partial charge on any atom is -0.353 e. The van der Waals surface area contributed by atoms with Gasteiger partial charge < -0.3 is 10.6 Å². The maximum Gasteiger partial charge on any atom is 0.109 e. The molecule has 0 saturated heterocycles. The number of hydrogen-bond acceptors (Lipinski definition) is 6. The van der Waals surface area contributed by atoms with Crippen LogP contribution < -0.4 is 10.6 Å². The summed E-state index contributed by atoms with van der Waals surface area (Å²) < 4.78 is 0. The van der Waals surface area contributed by atoms with E-state index in [0.29, 0.717) is 0 Å². The van der Waals surface area contributed by atoms with E-state index >= 15 is 0 Å². The highest BCUT2D eigenvalue weighted by Gasteiger charge is 2.24. The Bertz CT molecular complexity index is 934. The molecule has 0 aliphatic carbocycles. The molecular formula is C21H24N4S2. The molecule has 0 saturated carbocycles. The molecule has 6 heteroatoms. The van der Waals surface area contributed by atoms with Crippen LogP contribution in [0.2, 0.25) is 0 Å². The van der Waals surface area contributed by atoms with Gasteiger partial charge in [-0.25, -0.2) is 0 Å². The first-order chi connectivity index (χ1) is 13.2. The molecule has 0 radical (unpaired) electrons. The Balaban J connectivity index is 1.66. The molecule has 2 aliphatic rings. The maximum absolute atomic E-state index is 4.78. The zero-order valence-corrected chi connectivity index (χ0v) is 17.5. The maximum atomic E-state index is 4.78. The molecule has 2 unspecified atom stereocenters.